The van der Waals surface area contributed by atoms with Gasteiger partial charge in [-0.3, -0.25) is 14.4 Å². The van der Waals surface area contributed by atoms with Gasteiger partial charge in [0.2, 0.25) is 17.6 Å². The number of hydrogen-bond acceptors (Lipinski definition) is 10. The predicted molar refractivity (Wildman–Crippen MR) is 234 cm³/mol. The minimum absolute atomic E-state index is 0.105. The number of aromatic nitrogens is 4. The molecule has 4 aromatic rings. The number of nitrogens with zero attached hydrogens (tertiary/aromatic N) is 5. The van der Waals surface area contributed by atoms with Gasteiger partial charge in [0, 0.05) is 61.9 Å². The first-order chi connectivity index (χ1) is 29.4. The summed E-state index contributed by atoms with van der Waals surface area (Å²) in [5.74, 6) is -0.271. The van der Waals surface area contributed by atoms with Gasteiger partial charge in [-0.2, -0.15) is 5.21 Å². The Kier molecular flexibility index (Phi) is 14.3. The number of amides is 5. The topological polar surface area (TPSA) is 201 Å². The Labute approximate surface area is 362 Å². The quantitative estimate of drug-likeness (QED) is 0.129. The maximum absolute atomic E-state index is 13.9. The van der Waals surface area contributed by atoms with E-state index in [9.17, 15) is 24.0 Å². The summed E-state index contributed by atoms with van der Waals surface area (Å²) in [7, 11) is 0. The molecule has 62 heavy (non-hydrogen) atoms. The zero-order valence-electron chi connectivity index (χ0n) is 36.7. The molecule has 1 aliphatic heterocycles. The Morgan fingerprint density at radius 1 is 0.790 bits per heavy atom. The van der Waals surface area contributed by atoms with Crippen LogP contribution in [0.4, 0.5) is 15.3 Å². The van der Waals surface area contributed by atoms with Crippen molar-refractivity contribution < 1.29 is 33.4 Å². The second-order valence-electron chi connectivity index (χ2n) is 18.2. The van der Waals surface area contributed by atoms with Gasteiger partial charge >= 0.3 is 12.2 Å². The molecule has 0 spiro atoms. The van der Waals surface area contributed by atoms with Crippen molar-refractivity contribution in [1.29, 1.82) is 0 Å². The van der Waals surface area contributed by atoms with Gasteiger partial charge in [0.05, 0.1) is 0 Å². The summed E-state index contributed by atoms with van der Waals surface area (Å²) in [5.41, 5.74) is 4.29. The van der Waals surface area contributed by atoms with Crippen molar-refractivity contribution >= 4 is 35.6 Å². The lowest BCUT2D eigenvalue weighted by Gasteiger charge is -2.35. The number of benzene rings is 3. The van der Waals surface area contributed by atoms with Crippen LogP contribution < -0.4 is 16.0 Å². The fraction of sp³-hybridized carbons (Fsp3) is 0.478. The van der Waals surface area contributed by atoms with Crippen LogP contribution in [0.25, 0.3) is 22.5 Å². The van der Waals surface area contributed by atoms with E-state index >= 15 is 0 Å². The lowest BCUT2D eigenvalue weighted by atomic mass is 9.81. The van der Waals surface area contributed by atoms with Crippen LogP contribution in [0.2, 0.25) is 0 Å². The van der Waals surface area contributed by atoms with Crippen LogP contribution in [0.3, 0.4) is 0 Å². The molecule has 2 aliphatic rings. The van der Waals surface area contributed by atoms with Crippen LogP contribution in [0, 0.1) is 18.8 Å². The maximum atomic E-state index is 13.9. The molecule has 16 nitrogen and oxygen atoms in total. The first kappa shape index (κ1) is 45.2. The lowest BCUT2D eigenvalue weighted by molar-refractivity contribution is -0.130. The third kappa shape index (κ3) is 12.6. The van der Waals surface area contributed by atoms with E-state index in [4.69, 9.17) is 9.47 Å². The average molecular weight is 850 g/mol. The van der Waals surface area contributed by atoms with Gasteiger partial charge in [-0.15, -0.1) is 10.2 Å². The van der Waals surface area contributed by atoms with E-state index in [1.807, 2.05) is 90.9 Å². The number of piperazine rings is 1. The number of rotatable bonds is 11. The number of nitrogens with one attached hydrogen (secondary N) is 4. The van der Waals surface area contributed by atoms with Gasteiger partial charge in [-0.1, -0.05) is 30.3 Å². The van der Waals surface area contributed by atoms with Crippen molar-refractivity contribution in [1.82, 2.24) is 41.1 Å². The van der Waals surface area contributed by atoms with Crippen LogP contribution >= 0.6 is 0 Å². The number of aromatic amines is 1. The number of tetrazole rings is 1. The molecule has 1 unspecified atom stereocenters. The Hall–Kier alpha value is -6.32. The van der Waals surface area contributed by atoms with Crippen LogP contribution in [0.5, 0.6) is 0 Å². The molecule has 1 saturated carbocycles. The summed E-state index contributed by atoms with van der Waals surface area (Å²) < 4.78 is 10.9. The predicted octanol–water partition coefficient (Wildman–Crippen LogP) is 6.53. The molecule has 1 atom stereocenters. The fourth-order valence-corrected chi connectivity index (χ4v) is 7.61. The van der Waals surface area contributed by atoms with E-state index in [0.29, 0.717) is 62.6 Å². The van der Waals surface area contributed by atoms with E-state index in [0.717, 1.165) is 40.7 Å². The molecular weight excluding hydrogens is 791 g/mol. The van der Waals surface area contributed by atoms with Crippen molar-refractivity contribution in [3.05, 3.63) is 83.4 Å². The summed E-state index contributed by atoms with van der Waals surface area (Å²) in [5, 5.41) is 22.9. The molecule has 330 valence electrons. The molecule has 1 saturated heterocycles. The van der Waals surface area contributed by atoms with Gasteiger partial charge in [-0.05, 0) is 144 Å². The smallest absolute Gasteiger partial charge is 0.410 e. The summed E-state index contributed by atoms with van der Waals surface area (Å²) in [6.07, 6.45) is 2.20. The summed E-state index contributed by atoms with van der Waals surface area (Å²) in [6, 6.07) is 19.6. The minimum Gasteiger partial charge on any atom is -0.444 e. The fourth-order valence-electron chi connectivity index (χ4n) is 7.61. The molecule has 2 heterocycles. The van der Waals surface area contributed by atoms with Crippen molar-refractivity contribution in [3.8, 4) is 22.5 Å². The number of carbonyl (C=O) groups excluding carboxylic acids is 5. The van der Waals surface area contributed by atoms with Crippen LogP contribution in [-0.2, 0) is 25.5 Å². The lowest BCUT2D eigenvalue weighted by Crippen LogP contribution is -2.51. The molecule has 4 N–H and O–H groups in total. The molecule has 6 rings (SSSR count). The Morgan fingerprint density at radius 2 is 1.42 bits per heavy atom. The summed E-state index contributed by atoms with van der Waals surface area (Å²) in [6.45, 7) is 15.0. The standard InChI is InChI=1S/C46H59N9O7/c1-29-8-13-35(42(58)54-22-24-55(25-23-54)44(60)62-46(5,6)7)27-37(29)32-14-9-30(10-15-32)26-38(41(57)48-36-20-18-33(19-21-36)39-50-52-53-51-39)49-40(56)34-16-11-31(12-17-34)28-47-43(59)61-45(2,3)4/h8-10,13-15,18-21,27,31,34,38H,11-12,16-17,22-26,28H2,1-7H3,(H,47,59)(H,48,57)(H,49,56)(H,50,51,52,53). The molecular formula is C46H59N9O7. The van der Waals surface area contributed by atoms with Gasteiger partial charge in [-0.25, -0.2) is 9.59 Å². The van der Waals surface area contributed by atoms with Crippen molar-refractivity contribution in [3.63, 3.8) is 0 Å². The van der Waals surface area contributed by atoms with Crippen molar-refractivity contribution in [2.24, 2.45) is 11.8 Å². The number of anilines is 1. The molecule has 0 radical (unpaired) electrons. The second-order valence-corrected chi connectivity index (χ2v) is 18.2. The number of hydrogen-bond donors (Lipinski definition) is 4. The zero-order valence-corrected chi connectivity index (χ0v) is 36.7. The SMILES string of the molecule is Cc1ccc(C(=O)N2CCN(C(=O)OC(C)(C)C)CC2)cc1-c1ccc(CC(NC(=O)C2CCC(CNC(=O)OC(C)(C)C)CC2)C(=O)Nc2ccc(-c3nn[nH]n3)cc2)cc1. The number of aryl methyl sites for hydroxylation is 1. The highest BCUT2D eigenvalue weighted by Gasteiger charge is 2.31. The van der Waals surface area contributed by atoms with E-state index in [-0.39, 0.29) is 42.1 Å². The first-order valence-corrected chi connectivity index (χ1v) is 21.3. The van der Waals surface area contributed by atoms with E-state index in [1.54, 1.807) is 34.1 Å². The van der Waals surface area contributed by atoms with Crippen molar-refractivity contribution in [2.45, 2.75) is 97.8 Å². The molecule has 16 heteroatoms. The molecule has 0 bridgehead atoms. The molecule has 1 aromatic heterocycles. The van der Waals surface area contributed by atoms with Gasteiger partial charge in [0.1, 0.15) is 17.2 Å². The van der Waals surface area contributed by atoms with Gasteiger partial charge < -0.3 is 35.2 Å². The van der Waals surface area contributed by atoms with Crippen molar-refractivity contribution in [2.75, 3.05) is 38.0 Å². The number of carbonyl (C=O) groups is 5. The third-order valence-corrected chi connectivity index (χ3v) is 10.9. The second kappa shape index (κ2) is 19.6. The van der Waals surface area contributed by atoms with Gasteiger partial charge in [0.15, 0.2) is 0 Å². The third-order valence-electron chi connectivity index (χ3n) is 10.9. The first-order valence-electron chi connectivity index (χ1n) is 21.3. The summed E-state index contributed by atoms with van der Waals surface area (Å²) in [4.78, 5) is 69.5. The highest BCUT2D eigenvalue weighted by Crippen LogP contribution is 2.30. The summed E-state index contributed by atoms with van der Waals surface area (Å²) >= 11 is 0. The average Bonchev–Trinajstić information content (AvgIpc) is 3.78. The van der Waals surface area contributed by atoms with Crippen LogP contribution in [0.15, 0.2) is 66.7 Å². The Bertz CT molecular complexity index is 2180. The highest BCUT2D eigenvalue weighted by molar-refractivity contribution is 5.98. The number of alkyl carbamates (subject to hydrolysis) is 1. The van der Waals surface area contributed by atoms with E-state index in [2.05, 4.69) is 36.6 Å². The number of ether oxygens (including phenoxy) is 2. The normalized spacial score (nSPS) is 17.4. The maximum Gasteiger partial charge on any atom is 0.410 e. The molecule has 3 aromatic carbocycles. The highest BCUT2D eigenvalue weighted by atomic mass is 16.6. The number of H-pyrrole nitrogens is 1. The molecule has 2 fully saturated rings. The Balaban J connectivity index is 1.11. The van der Waals surface area contributed by atoms with E-state index < -0.39 is 23.3 Å². The zero-order chi connectivity index (χ0) is 44.6. The van der Waals surface area contributed by atoms with E-state index in [1.165, 1.54) is 0 Å². The minimum atomic E-state index is -0.879. The largest absolute Gasteiger partial charge is 0.444 e. The monoisotopic (exact) mass is 849 g/mol. The van der Waals surface area contributed by atoms with Gasteiger partial charge in [0.25, 0.3) is 5.91 Å². The van der Waals surface area contributed by atoms with Crippen LogP contribution in [-0.4, -0.2) is 110 Å². The Morgan fingerprint density at radius 3 is 2.03 bits per heavy atom. The molecule has 5 amide bonds. The van der Waals surface area contributed by atoms with Crippen LogP contribution in [0.1, 0.15) is 88.7 Å². The molecule has 1 aliphatic carbocycles.